The predicted molar refractivity (Wildman–Crippen MR) is 72.5 cm³/mol. The molecule has 0 bridgehead atoms. The van der Waals surface area contributed by atoms with Crippen LogP contribution < -0.4 is 0 Å². The number of aromatic carboxylic acids is 1. The van der Waals surface area contributed by atoms with E-state index in [0.29, 0.717) is 11.6 Å². The Hall–Kier alpha value is -1.84. The van der Waals surface area contributed by atoms with Crippen molar-refractivity contribution in [3.8, 4) is 0 Å². The van der Waals surface area contributed by atoms with Gasteiger partial charge in [0.05, 0.1) is 5.56 Å². The molecule has 4 heteroatoms. The van der Waals surface area contributed by atoms with E-state index in [1.807, 2.05) is 11.8 Å². The molecule has 1 aliphatic rings. The van der Waals surface area contributed by atoms with E-state index in [2.05, 4.69) is 6.92 Å². The molecule has 1 aromatic rings. The summed E-state index contributed by atoms with van der Waals surface area (Å²) in [6, 6.07) is 5.12. The minimum atomic E-state index is -0.994. The molecule has 1 aromatic carbocycles. The Kier molecular flexibility index (Phi) is 3.88. The third-order valence-electron chi connectivity index (χ3n) is 3.68. The second-order valence-corrected chi connectivity index (χ2v) is 5.10. The topological polar surface area (TPSA) is 57.6 Å². The molecule has 19 heavy (non-hydrogen) atoms. The minimum absolute atomic E-state index is 0.0458. The van der Waals surface area contributed by atoms with Gasteiger partial charge in [-0.25, -0.2) is 4.79 Å². The van der Waals surface area contributed by atoms with Crippen LogP contribution in [0.1, 0.15) is 52.5 Å². The Morgan fingerprint density at radius 2 is 2.00 bits per heavy atom. The van der Waals surface area contributed by atoms with Crippen molar-refractivity contribution in [3.05, 3.63) is 34.9 Å². The van der Waals surface area contributed by atoms with Crippen molar-refractivity contribution in [2.24, 2.45) is 0 Å². The Morgan fingerprint density at radius 1 is 1.32 bits per heavy atom. The van der Waals surface area contributed by atoms with Crippen molar-refractivity contribution in [2.45, 2.75) is 39.2 Å². The minimum Gasteiger partial charge on any atom is -0.478 e. The highest BCUT2D eigenvalue weighted by atomic mass is 16.4. The zero-order valence-corrected chi connectivity index (χ0v) is 11.3. The largest absolute Gasteiger partial charge is 0.478 e. The first-order chi connectivity index (χ1) is 9.02. The zero-order valence-electron chi connectivity index (χ0n) is 11.3. The number of aryl methyl sites for hydroxylation is 1. The van der Waals surface area contributed by atoms with E-state index in [1.54, 1.807) is 12.1 Å². The quantitative estimate of drug-likeness (QED) is 0.910. The molecule has 1 heterocycles. The summed E-state index contributed by atoms with van der Waals surface area (Å²) in [5.41, 5.74) is 1.46. The number of hydrogen-bond acceptors (Lipinski definition) is 2. The van der Waals surface area contributed by atoms with E-state index in [-0.39, 0.29) is 11.5 Å². The average molecular weight is 261 g/mol. The van der Waals surface area contributed by atoms with Crippen LogP contribution in [0.2, 0.25) is 0 Å². The molecule has 1 aliphatic heterocycles. The van der Waals surface area contributed by atoms with E-state index >= 15 is 0 Å². The highest BCUT2D eigenvalue weighted by Gasteiger charge is 2.28. The number of carbonyl (C=O) groups excluding carboxylic acids is 1. The summed E-state index contributed by atoms with van der Waals surface area (Å²) >= 11 is 0. The lowest BCUT2D eigenvalue weighted by Crippen LogP contribution is -2.35. The number of amides is 1. The van der Waals surface area contributed by atoms with Crippen LogP contribution in [-0.2, 0) is 0 Å². The van der Waals surface area contributed by atoms with Crippen molar-refractivity contribution in [1.82, 2.24) is 4.90 Å². The monoisotopic (exact) mass is 261 g/mol. The molecule has 1 amide bonds. The number of hydrogen-bond donors (Lipinski definition) is 1. The van der Waals surface area contributed by atoms with Gasteiger partial charge in [0.2, 0.25) is 0 Å². The highest BCUT2D eigenvalue weighted by Crippen LogP contribution is 2.23. The maximum atomic E-state index is 12.5. The third-order valence-corrected chi connectivity index (χ3v) is 3.68. The first kappa shape index (κ1) is 13.6. The molecule has 1 saturated heterocycles. The highest BCUT2D eigenvalue weighted by molar-refractivity contribution is 5.98. The Bertz CT molecular complexity index is 510. The smallest absolute Gasteiger partial charge is 0.335 e. The average Bonchev–Trinajstić information content (AvgIpc) is 2.85. The molecule has 0 aromatic heterocycles. The van der Waals surface area contributed by atoms with Crippen molar-refractivity contribution in [3.63, 3.8) is 0 Å². The van der Waals surface area contributed by atoms with E-state index in [0.717, 1.165) is 31.4 Å². The molecule has 0 unspecified atom stereocenters. The molecule has 0 spiro atoms. The molecule has 1 fully saturated rings. The molecule has 0 radical (unpaired) electrons. The maximum Gasteiger partial charge on any atom is 0.335 e. The molecular formula is C15H19NO3. The van der Waals surface area contributed by atoms with Gasteiger partial charge < -0.3 is 10.0 Å². The van der Waals surface area contributed by atoms with Crippen molar-refractivity contribution < 1.29 is 14.7 Å². The van der Waals surface area contributed by atoms with Crippen molar-refractivity contribution >= 4 is 11.9 Å². The van der Waals surface area contributed by atoms with Crippen LogP contribution in [0.15, 0.2) is 18.2 Å². The fourth-order valence-electron chi connectivity index (χ4n) is 2.72. The number of likely N-dealkylation sites (tertiary alicyclic amines) is 1. The van der Waals surface area contributed by atoms with Gasteiger partial charge >= 0.3 is 5.97 Å². The summed E-state index contributed by atoms with van der Waals surface area (Å²) < 4.78 is 0. The van der Waals surface area contributed by atoms with E-state index in [1.165, 1.54) is 6.07 Å². The molecule has 2 rings (SSSR count). The van der Waals surface area contributed by atoms with Gasteiger partial charge in [0.25, 0.3) is 5.91 Å². The molecule has 1 atom stereocenters. The fraction of sp³-hybridized carbons (Fsp3) is 0.467. The summed E-state index contributed by atoms with van der Waals surface area (Å²) in [4.78, 5) is 25.4. The lowest BCUT2D eigenvalue weighted by Gasteiger charge is -2.24. The number of nitrogens with zero attached hydrogens (tertiary/aromatic N) is 1. The second-order valence-electron chi connectivity index (χ2n) is 5.10. The molecular weight excluding hydrogens is 242 g/mol. The van der Waals surface area contributed by atoms with Gasteiger partial charge in [-0.15, -0.1) is 0 Å². The summed E-state index contributed by atoms with van der Waals surface area (Å²) in [5, 5.41) is 9.05. The van der Waals surface area contributed by atoms with Gasteiger partial charge in [0.1, 0.15) is 0 Å². The predicted octanol–water partition coefficient (Wildman–Crippen LogP) is 2.71. The first-order valence-electron chi connectivity index (χ1n) is 6.69. The van der Waals surface area contributed by atoms with Gasteiger partial charge in [-0.1, -0.05) is 6.92 Å². The van der Waals surface area contributed by atoms with Crippen LogP contribution in [0.4, 0.5) is 0 Å². The summed E-state index contributed by atoms with van der Waals surface area (Å²) in [7, 11) is 0. The number of carboxylic acid groups (broad SMARTS) is 1. The lowest BCUT2D eigenvalue weighted by molar-refractivity contribution is 0.0696. The lowest BCUT2D eigenvalue weighted by atomic mass is 10.0. The van der Waals surface area contributed by atoms with Gasteiger partial charge in [-0.2, -0.15) is 0 Å². The second kappa shape index (κ2) is 5.43. The van der Waals surface area contributed by atoms with Gasteiger partial charge in [0, 0.05) is 18.2 Å². The standard InChI is InChI=1S/C15H19NO3/c1-3-13-5-4-6-16(13)14(17)11-7-10(2)8-12(9-11)15(18)19/h7-9,13H,3-6H2,1-2H3,(H,18,19)/t13-/m0/s1. The molecule has 0 saturated carbocycles. The zero-order chi connectivity index (χ0) is 14.0. The van der Waals surface area contributed by atoms with Crippen molar-refractivity contribution in [1.29, 1.82) is 0 Å². The van der Waals surface area contributed by atoms with Crippen LogP contribution in [0.3, 0.4) is 0 Å². The number of rotatable bonds is 3. The summed E-state index contributed by atoms with van der Waals surface area (Å²) in [6.45, 7) is 4.66. The first-order valence-corrected chi connectivity index (χ1v) is 6.69. The third kappa shape index (κ3) is 2.78. The van der Waals surface area contributed by atoms with E-state index < -0.39 is 5.97 Å². The number of carbonyl (C=O) groups is 2. The van der Waals surface area contributed by atoms with Crippen LogP contribution in [0, 0.1) is 6.92 Å². The van der Waals surface area contributed by atoms with Crippen molar-refractivity contribution in [2.75, 3.05) is 6.54 Å². The van der Waals surface area contributed by atoms with Crippen LogP contribution in [-0.4, -0.2) is 34.5 Å². The van der Waals surface area contributed by atoms with Gasteiger partial charge in [0.15, 0.2) is 0 Å². The maximum absolute atomic E-state index is 12.5. The summed E-state index contributed by atoms with van der Waals surface area (Å²) in [6.07, 6.45) is 3.02. The van der Waals surface area contributed by atoms with Gasteiger partial charge in [-0.3, -0.25) is 4.79 Å². The van der Waals surface area contributed by atoms with E-state index in [4.69, 9.17) is 5.11 Å². The molecule has 1 N–H and O–H groups in total. The van der Waals surface area contributed by atoms with Crippen LogP contribution >= 0.6 is 0 Å². The normalized spacial score (nSPS) is 18.6. The number of carboxylic acids is 1. The Morgan fingerprint density at radius 3 is 2.63 bits per heavy atom. The van der Waals surface area contributed by atoms with Crippen LogP contribution in [0.25, 0.3) is 0 Å². The molecule has 102 valence electrons. The SMILES string of the molecule is CC[C@H]1CCCN1C(=O)c1cc(C)cc(C(=O)O)c1. The van der Waals surface area contributed by atoms with E-state index in [9.17, 15) is 9.59 Å². The number of benzene rings is 1. The molecule has 0 aliphatic carbocycles. The summed E-state index contributed by atoms with van der Waals surface area (Å²) in [5.74, 6) is -1.04. The Labute approximate surface area is 113 Å². The van der Waals surface area contributed by atoms with Gasteiger partial charge in [-0.05, 0) is 49.9 Å². The van der Waals surface area contributed by atoms with Crippen LogP contribution in [0.5, 0.6) is 0 Å². The Balaban J connectivity index is 2.30. The molecule has 4 nitrogen and oxygen atoms in total. The fourth-order valence-corrected chi connectivity index (χ4v) is 2.72.